The maximum atomic E-state index is 12.4. The largest absolute Gasteiger partial charge is 0.445 e. The number of benzene rings is 1. The maximum Gasteiger partial charge on any atom is 0.410 e. The zero-order valence-electron chi connectivity index (χ0n) is 18.7. The zero-order valence-corrected chi connectivity index (χ0v) is 18.7. The van der Waals surface area contributed by atoms with Gasteiger partial charge in [0.15, 0.2) is 0 Å². The molecule has 1 aliphatic carbocycles. The van der Waals surface area contributed by atoms with Crippen LogP contribution in [0.25, 0.3) is 5.52 Å². The minimum atomic E-state index is -0.201. The Balaban J connectivity index is 1.10. The number of imidazole rings is 1. The average Bonchev–Trinajstić information content (AvgIpc) is 3.29. The van der Waals surface area contributed by atoms with Gasteiger partial charge in [0.25, 0.3) is 0 Å². The number of carbonyl (C=O) groups excluding carboxylic acids is 1. The zero-order chi connectivity index (χ0) is 21.9. The van der Waals surface area contributed by atoms with Crippen molar-refractivity contribution < 1.29 is 9.53 Å². The molecule has 1 saturated carbocycles. The summed E-state index contributed by atoms with van der Waals surface area (Å²) in [5.74, 6) is 1.68. The van der Waals surface area contributed by atoms with Crippen LogP contribution < -0.4 is 0 Å². The first-order valence-corrected chi connectivity index (χ1v) is 11.7. The molecule has 168 valence electrons. The van der Waals surface area contributed by atoms with Crippen molar-refractivity contribution in [3.05, 3.63) is 66.0 Å². The van der Waals surface area contributed by atoms with Crippen LogP contribution in [0.1, 0.15) is 48.7 Å². The Labute approximate surface area is 189 Å². The van der Waals surface area contributed by atoms with E-state index in [9.17, 15) is 4.79 Å². The van der Waals surface area contributed by atoms with Gasteiger partial charge >= 0.3 is 6.09 Å². The summed E-state index contributed by atoms with van der Waals surface area (Å²) in [6.45, 7) is 5.70. The molecule has 0 atom stereocenters. The molecule has 0 bridgehead atoms. The lowest BCUT2D eigenvalue weighted by Crippen LogP contribution is -2.52. The number of carbonyl (C=O) groups is 1. The summed E-state index contributed by atoms with van der Waals surface area (Å²) in [6, 6.07) is 10.4. The number of hydrogen-bond acceptors (Lipinski definition) is 5. The average molecular weight is 434 g/mol. The van der Waals surface area contributed by atoms with Crippen LogP contribution in [0.4, 0.5) is 4.79 Å². The van der Waals surface area contributed by atoms with E-state index >= 15 is 0 Å². The number of fused-ring (bicyclic) bond motifs is 1. The Bertz CT molecular complexity index is 1050. The molecule has 2 aliphatic rings. The topological polar surface area (TPSA) is 63.0 Å². The standard InChI is InChI=1S/C25H31N5O2/c1-19-23-17-27-24(30(23)12-11-26-19)21-7-9-22(10-8-21)28-13-15-29(16-14-28)25(31)32-18-20-5-3-2-4-6-20/h2-6,11-12,17,21-22H,7-10,13-16,18H2,1H3/t21-,22-. The lowest BCUT2D eigenvalue weighted by atomic mass is 9.84. The summed E-state index contributed by atoms with van der Waals surface area (Å²) in [5, 5.41) is 0. The third kappa shape index (κ3) is 4.35. The highest BCUT2D eigenvalue weighted by Gasteiger charge is 2.31. The fourth-order valence-corrected chi connectivity index (χ4v) is 5.16. The third-order valence-corrected chi connectivity index (χ3v) is 7.04. The molecule has 5 rings (SSSR count). The molecule has 3 heterocycles. The van der Waals surface area contributed by atoms with Crippen molar-refractivity contribution in [2.24, 2.45) is 0 Å². The van der Waals surface area contributed by atoms with Crippen LogP contribution in [0.2, 0.25) is 0 Å². The van der Waals surface area contributed by atoms with Crippen LogP contribution >= 0.6 is 0 Å². The molecular formula is C25H31N5O2. The van der Waals surface area contributed by atoms with Gasteiger partial charge in [-0.25, -0.2) is 9.78 Å². The first-order valence-electron chi connectivity index (χ1n) is 11.7. The molecule has 2 aromatic heterocycles. The Morgan fingerprint density at radius 1 is 1.03 bits per heavy atom. The third-order valence-electron chi connectivity index (χ3n) is 7.04. The number of piperazine rings is 1. The minimum absolute atomic E-state index is 0.201. The summed E-state index contributed by atoms with van der Waals surface area (Å²) in [6.07, 6.45) is 10.3. The number of aromatic nitrogens is 3. The highest BCUT2D eigenvalue weighted by Crippen LogP contribution is 2.35. The molecule has 0 unspecified atom stereocenters. The minimum Gasteiger partial charge on any atom is -0.445 e. The van der Waals surface area contributed by atoms with Gasteiger partial charge in [0.1, 0.15) is 12.4 Å². The molecule has 1 aliphatic heterocycles. The second-order valence-corrected chi connectivity index (χ2v) is 8.95. The SMILES string of the molecule is Cc1nccn2c1cnc2[C@H]1CC[C@H](N2CCN(C(=O)OCc3ccccc3)CC2)CC1. The quantitative estimate of drug-likeness (QED) is 0.622. The summed E-state index contributed by atoms with van der Waals surface area (Å²) in [4.78, 5) is 26.0. The Hall–Kier alpha value is -2.93. The number of ether oxygens (including phenoxy) is 1. The number of rotatable bonds is 4. The van der Waals surface area contributed by atoms with Crippen molar-refractivity contribution >= 4 is 11.6 Å². The van der Waals surface area contributed by atoms with Gasteiger partial charge in [-0.2, -0.15) is 0 Å². The van der Waals surface area contributed by atoms with E-state index < -0.39 is 0 Å². The predicted molar refractivity (Wildman–Crippen MR) is 122 cm³/mol. The molecule has 3 aromatic rings. The number of aryl methyl sites for hydroxylation is 1. The number of amides is 1. The van der Waals surface area contributed by atoms with Gasteiger partial charge < -0.3 is 14.0 Å². The van der Waals surface area contributed by atoms with E-state index in [-0.39, 0.29) is 6.09 Å². The van der Waals surface area contributed by atoms with Crippen LogP contribution in [0.15, 0.2) is 48.9 Å². The molecule has 7 nitrogen and oxygen atoms in total. The molecule has 0 spiro atoms. The maximum absolute atomic E-state index is 12.4. The van der Waals surface area contributed by atoms with Crippen molar-refractivity contribution in [1.82, 2.24) is 24.2 Å². The Kier molecular flexibility index (Phi) is 6.08. The van der Waals surface area contributed by atoms with Gasteiger partial charge in [0.2, 0.25) is 0 Å². The van der Waals surface area contributed by atoms with Crippen molar-refractivity contribution in [1.29, 1.82) is 0 Å². The van der Waals surface area contributed by atoms with Crippen LogP contribution in [0.3, 0.4) is 0 Å². The molecule has 1 aromatic carbocycles. The van der Waals surface area contributed by atoms with Crippen molar-refractivity contribution in [2.75, 3.05) is 26.2 Å². The number of hydrogen-bond donors (Lipinski definition) is 0. The molecule has 1 saturated heterocycles. The van der Waals surface area contributed by atoms with Gasteiger partial charge in [-0.15, -0.1) is 0 Å². The smallest absolute Gasteiger partial charge is 0.410 e. The van der Waals surface area contributed by atoms with E-state index in [4.69, 9.17) is 9.72 Å². The van der Waals surface area contributed by atoms with E-state index in [0.717, 1.165) is 55.8 Å². The van der Waals surface area contributed by atoms with E-state index in [1.807, 2.05) is 60.7 Å². The molecule has 1 amide bonds. The molecule has 32 heavy (non-hydrogen) atoms. The van der Waals surface area contributed by atoms with E-state index in [1.54, 1.807) is 0 Å². The molecule has 0 N–H and O–H groups in total. The lowest BCUT2D eigenvalue weighted by Gasteiger charge is -2.41. The normalized spacial score (nSPS) is 22.2. The first kappa shape index (κ1) is 20.9. The monoisotopic (exact) mass is 433 g/mol. The highest BCUT2D eigenvalue weighted by atomic mass is 16.6. The van der Waals surface area contributed by atoms with Gasteiger partial charge in [-0.05, 0) is 38.2 Å². The number of nitrogens with zero attached hydrogens (tertiary/aromatic N) is 5. The second-order valence-electron chi connectivity index (χ2n) is 8.95. The molecular weight excluding hydrogens is 402 g/mol. The van der Waals surface area contributed by atoms with Gasteiger partial charge in [-0.3, -0.25) is 9.88 Å². The Morgan fingerprint density at radius 2 is 1.78 bits per heavy atom. The van der Waals surface area contributed by atoms with Gasteiger partial charge in [0, 0.05) is 50.5 Å². The van der Waals surface area contributed by atoms with Gasteiger partial charge in [-0.1, -0.05) is 30.3 Å². The van der Waals surface area contributed by atoms with Crippen LogP contribution in [0.5, 0.6) is 0 Å². The Morgan fingerprint density at radius 3 is 2.53 bits per heavy atom. The van der Waals surface area contributed by atoms with Gasteiger partial charge in [0.05, 0.1) is 17.4 Å². The highest BCUT2D eigenvalue weighted by molar-refractivity contribution is 5.67. The second kappa shape index (κ2) is 9.28. The summed E-state index contributed by atoms with van der Waals surface area (Å²) < 4.78 is 7.72. The molecule has 0 radical (unpaired) electrons. The van der Waals surface area contributed by atoms with Crippen molar-refractivity contribution in [3.63, 3.8) is 0 Å². The lowest BCUT2D eigenvalue weighted by molar-refractivity contribution is 0.0514. The fraction of sp³-hybridized carbons (Fsp3) is 0.480. The fourth-order valence-electron chi connectivity index (χ4n) is 5.16. The van der Waals surface area contributed by atoms with Crippen LogP contribution in [-0.2, 0) is 11.3 Å². The van der Waals surface area contributed by atoms with Crippen LogP contribution in [0, 0.1) is 6.92 Å². The first-order chi connectivity index (χ1) is 15.7. The van der Waals surface area contributed by atoms with Crippen molar-refractivity contribution in [3.8, 4) is 0 Å². The van der Waals surface area contributed by atoms with E-state index in [0.29, 0.717) is 18.6 Å². The molecule has 7 heteroatoms. The summed E-state index contributed by atoms with van der Waals surface area (Å²) in [7, 11) is 0. The predicted octanol–water partition coefficient (Wildman–Crippen LogP) is 4.02. The summed E-state index contributed by atoms with van der Waals surface area (Å²) in [5.41, 5.74) is 3.16. The van der Waals surface area contributed by atoms with Crippen molar-refractivity contribution in [2.45, 2.75) is 51.2 Å². The van der Waals surface area contributed by atoms with Crippen LogP contribution in [-0.4, -0.2) is 62.5 Å². The van der Waals surface area contributed by atoms with E-state index in [2.05, 4.69) is 14.3 Å². The summed E-state index contributed by atoms with van der Waals surface area (Å²) >= 11 is 0. The molecule has 2 fully saturated rings. The van der Waals surface area contributed by atoms with E-state index in [1.165, 1.54) is 18.7 Å².